The summed E-state index contributed by atoms with van der Waals surface area (Å²) in [5.74, 6) is -0.0124. The molecule has 1 heterocycles. The molecule has 1 aromatic rings. The molecule has 1 unspecified atom stereocenters. The molecule has 5 nitrogen and oxygen atoms in total. The van der Waals surface area contributed by atoms with Crippen LogP contribution in [0.2, 0.25) is 0 Å². The first-order valence-corrected chi connectivity index (χ1v) is 11.4. The Morgan fingerprint density at radius 1 is 1.25 bits per heavy atom. The van der Waals surface area contributed by atoms with Crippen LogP contribution < -0.4 is 4.72 Å². The van der Waals surface area contributed by atoms with E-state index >= 15 is 0 Å². The van der Waals surface area contributed by atoms with E-state index in [4.69, 9.17) is 0 Å². The Kier molecular flexibility index (Phi) is 7.44. The van der Waals surface area contributed by atoms with Crippen molar-refractivity contribution in [3.8, 4) is 6.07 Å². The van der Waals surface area contributed by atoms with E-state index in [1.54, 1.807) is 26.8 Å². The van der Waals surface area contributed by atoms with Crippen molar-refractivity contribution in [1.82, 2.24) is 9.62 Å². The highest BCUT2D eigenvalue weighted by Crippen LogP contribution is 2.34. The van der Waals surface area contributed by atoms with Crippen LogP contribution in [0, 0.1) is 17.2 Å². The zero-order valence-electron chi connectivity index (χ0n) is 17.3. The molecule has 0 radical (unpaired) electrons. The number of nitrogens with zero attached hydrogens (tertiary/aromatic N) is 2. The molecular formula is C22H33N3O2S. The molecule has 0 aliphatic carbocycles. The molecule has 154 valence electrons. The third-order valence-electron chi connectivity index (χ3n) is 5.60. The topological polar surface area (TPSA) is 73.2 Å². The van der Waals surface area contributed by atoms with E-state index in [1.165, 1.54) is 5.56 Å². The first-order chi connectivity index (χ1) is 13.1. The van der Waals surface area contributed by atoms with Crippen molar-refractivity contribution >= 4 is 10.0 Å². The monoisotopic (exact) mass is 403 g/mol. The smallest absolute Gasteiger partial charge is 0.217 e. The van der Waals surface area contributed by atoms with Crippen LogP contribution in [0.4, 0.5) is 0 Å². The molecule has 1 aromatic carbocycles. The Labute approximate surface area is 170 Å². The van der Waals surface area contributed by atoms with Crippen LogP contribution in [-0.2, 0) is 16.6 Å². The van der Waals surface area contributed by atoms with Gasteiger partial charge in [0.2, 0.25) is 10.0 Å². The highest BCUT2D eigenvalue weighted by atomic mass is 32.2. The molecule has 1 saturated heterocycles. The molecule has 28 heavy (non-hydrogen) atoms. The van der Waals surface area contributed by atoms with E-state index in [2.05, 4.69) is 34.4 Å². The Hall–Kier alpha value is -1.68. The minimum absolute atomic E-state index is 0.0124. The molecule has 1 aliphatic rings. The summed E-state index contributed by atoms with van der Waals surface area (Å²) >= 11 is 0. The SMILES string of the molecule is C=CCCC(C#N)(NS(=O)(=O)C(C)(C)C)C1CCN(Cc2ccccc2)CC1. The molecule has 1 atom stereocenters. The summed E-state index contributed by atoms with van der Waals surface area (Å²) in [6.07, 6.45) is 4.40. The molecule has 6 heteroatoms. The molecule has 2 rings (SSSR count). The van der Waals surface area contributed by atoms with Crippen molar-refractivity contribution in [2.45, 2.75) is 63.3 Å². The molecule has 1 aliphatic heterocycles. The first kappa shape index (κ1) is 22.6. The van der Waals surface area contributed by atoms with E-state index in [9.17, 15) is 13.7 Å². The lowest BCUT2D eigenvalue weighted by Crippen LogP contribution is -2.58. The van der Waals surface area contributed by atoms with Gasteiger partial charge < -0.3 is 0 Å². The molecular weight excluding hydrogens is 370 g/mol. The van der Waals surface area contributed by atoms with Crippen LogP contribution in [0.25, 0.3) is 0 Å². The number of nitriles is 1. The number of hydrogen-bond donors (Lipinski definition) is 1. The van der Waals surface area contributed by atoms with Crippen LogP contribution in [0.1, 0.15) is 52.0 Å². The third-order valence-corrected chi connectivity index (χ3v) is 7.84. The number of likely N-dealkylation sites (tertiary alicyclic amines) is 1. The van der Waals surface area contributed by atoms with Gasteiger partial charge in [-0.25, -0.2) is 8.42 Å². The normalized spacial score (nSPS) is 18.9. The van der Waals surface area contributed by atoms with Gasteiger partial charge in [-0.2, -0.15) is 9.98 Å². The van der Waals surface area contributed by atoms with Crippen LogP contribution in [-0.4, -0.2) is 36.7 Å². The van der Waals surface area contributed by atoms with Crippen molar-refractivity contribution < 1.29 is 8.42 Å². The second-order valence-electron chi connectivity index (χ2n) is 8.66. The highest BCUT2D eigenvalue weighted by molar-refractivity contribution is 7.90. The molecule has 0 amide bonds. The molecule has 0 spiro atoms. The first-order valence-electron chi connectivity index (χ1n) is 9.95. The molecule has 0 saturated carbocycles. The number of nitrogens with one attached hydrogen (secondary N) is 1. The fourth-order valence-electron chi connectivity index (χ4n) is 3.66. The largest absolute Gasteiger partial charge is 0.299 e. The number of allylic oxidation sites excluding steroid dienone is 1. The minimum Gasteiger partial charge on any atom is -0.299 e. The van der Waals surface area contributed by atoms with E-state index < -0.39 is 20.3 Å². The molecule has 0 aromatic heterocycles. The minimum atomic E-state index is -3.63. The standard InChI is InChI=1S/C22H33N3O2S/c1-5-6-14-22(18-23,24-28(26,27)21(2,3)4)20-12-15-25(16-13-20)17-19-10-8-7-9-11-19/h5,7-11,20,24H,1,6,12-17H2,2-4H3. The molecule has 1 fully saturated rings. The molecule has 0 bridgehead atoms. The number of rotatable bonds is 8. The van der Waals surface area contributed by atoms with Gasteiger partial charge >= 0.3 is 0 Å². The third kappa shape index (κ3) is 5.44. The van der Waals surface area contributed by atoms with Gasteiger partial charge in [0.25, 0.3) is 0 Å². The Morgan fingerprint density at radius 2 is 1.86 bits per heavy atom. The van der Waals surface area contributed by atoms with Crippen molar-refractivity contribution in [3.63, 3.8) is 0 Å². The van der Waals surface area contributed by atoms with Crippen LogP contribution in [0.5, 0.6) is 0 Å². The predicted octanol–water partition coefficient (Wildman–Crippen LogP) is 3.85. The summed E-state index contributed by atoms with van der Waals surface area (Å²) in [4.78, 5) is 2.37. The fraction of sp³-hybridized carbons (Fsp3) is 0.591. The number of piperidine rings is 1. The Balaban J connectivity index is 2.14. The number of hydrogen-bond acceptors (Lipinski definition) is 4. The van der Waals surface area contributed by atoms with Gasteiger partial charge in [0.15, 0.2) is 0 Å². The van der Waals surface area contributed by atoms with Gasteiger partial charge in [0.05, 0.1) is 10.8 Å². The maximum absolute atomic E-state index is 12.8. The lowest BCUT2D eigenvalue weighted by molar-refractivity contribution is 0.134. The fourth-order valence-corrected chi connectivity index (χ4v) is 4.76. The maximum atomic E-state index is 12.8. The maximum Gasteiger partial charge on any atom is 0.217 e. The zero-order chi connectivity index (χ0) is 20.8. The highest BCUT2D eigenvalue weighted by Gasteiger charge is 2.45. The van der Waals surface area contributed by atoms with Crippen LogP contribution >= 0.6 is 0 Å². The zero-order valence-corrected chi connectivity index (χ0v) is 18.1. The molecule has 1 N–H and O–H groups in total. The van der Waals surface area contributed by atoms with Crippen molar-refractivity contribution in [2.24, 2.45) is 5.92 Å². The van der Waals surface area contributed by atoms with Crippen LogP contribution in [0.3, 0.4) is 0 Å². The van der Waals surface area contributed by atoms with Gasteiger partial charge in [-0.05, 0) is 71.0 Å². The second kappa shape index (κ2) is 9.21. The predicted molar refractivity (Wildman–Crippen MR) is 114 cm³/mol. The summed E-state index contributed by atoms with van der Waals surface area (Å²) in [6, 6.07) is 12.7. The summed E-state index contributed by atoms with van der Waals surface area (Å²) < 4.78 is 27.5. The van der Waals surface area contributed by atoms with Gasteiger partial charge in [-0.1, -0.05) is 36.4 Å². The van der Waals surface area contributed by atoms with E-state index in [1.807, 2.05) is 18.2 Å². The number of sulfonamides is 1. The summed E-state index contributed by atoms with van der Waals surface area (Å²) in [5, 5.41) is 10.1. The summed E-state index contributed by atoms with van der Waals surface area (Å²) in [7, 11) is -3.63. The van der Waals surface area contributed by atoms with E-state index in [0.29, 0.717) is 12.8 Å². The van der Waals surface area contributed by atoms with Crippen molar-refractivity contribution in [3.05, 3.63) is 48.6 Å². The summed E-state index contributed by atoms with van der Waals surface area (Å²) in [5.41, 5.74) is 0.187. The average Bonchev–Trinajstić information content (AvgIpc) is 2.65. The second-order valence-corrected chi connectivity index (χ2v) is 11.1. The summed E-state index contributed by atoms with van der Waals surface area (Å²) in [6.45, 7) is 11.3. The van der Waals surface area contributed by atoms with Crippen molar-refractivity contribution in [2.75, 3.05) is 13.1 Å². The lowest BCUT2D eigenvalue weighted by Gasteiger charge is -2.42. The van der Waals surface area contributed by atoms with Crippen LogP contribution in [0.15, 0.2) is 43.0 Å². The van der Waals surface area contributed by atoms with Gasteiger partial charge in [-0.3, -0.25) is 4.90 Å². The quantitative estimate of drug-likeness (QED) is 0.669. The lowest BCUT2D eigenvalue weighted by atomic mass is 9.76. The van der Waals surface area contributed by atoms with E-state index in [-0.39, 0.29) is 5.92 Å². The Bertz CT molecular complexity index is 785. The van der Waals surface area contributed by atoms with Gasteiger partial charge in [0.1, 0.15) is 5.54 Å². The van der Waals surface area contributed by atoms with Gasteiger partial charge in [-0.15, -0.1) is 6.58 Å². The van der Waals surface area contributed by atoms with Crippen molar-refractivity contribution in [1.29, 1.82) is 5.26 Å². The van der Waals surface area contributed by atoms with E-state index in [0.717, 1.165) is 32.5 Å². The number of benzene rings is 1. The Morgan fingerprint density at radius 3 is 2.36 bits per heavy atom. The van der Waals surface area contributed by atoms with Gasteiger partial charge in [0, 0.05) is 6.54 Å². The average molecular weight is 404 g/mol.